The second-order valence-corrected chi connectivity index (χ2v) is 3.90. The van der Waals surface area contributed by atoms with Crippen LogP contribution in [0.15, 0.2) is 30.3 Å². The van der Waals surface area contributed by atoms with Gasteiger partial charge in [-0.2, -0.15) is 12.6 Å². The largest absolute Gasteiger partial charge is 0.460 e. The van der Waals surface area contributed by atoms with Crippen molar-refractivity contribution < 1.29 is 19.0 Å². The van der Waals surface area contributed by atoms with Gasteiger partial charge in [0, 0.05) is 5.75 Å². The van der Waals surface area contributed by atoms with Crippen LogP contribution in [0, 0.1) is 0 Å². The molecule has 0 aromatic heterocycles. The lowest BCUT2D eigenvalue weighted by molar-refractivity contribution is 0.0167. The van der Waals surface area contributed by atoms with E-state index in [1.165, 1.54) is 0 Å². The van der Waals surface area contributed by atoms with Crippen LogP contribution in [0.3, 0.4) is 0 Å². The van der Waals surface area contributed by atoms with E-state index in [9.17, 15) is 4.79 Å². The molecule has 0 spiro atoms. The summed E-state index contributed by atoms with van der Waals surface area (Å²) in [5.41, 5.74) is 0.551. The minimum Gasteiger partial charge on any atom is -0.460 e. The molecule has 0 aliphatic heterocycles. The maximum Gasteiger partial charge on any atom is 0.338 e. The van der Waals surface area contributed by atoms with E-state index in [1.807, 2.05) is 6.07 Å². The number of benzene rings is 1. The fourth-order valence-corrected chi connectivity index (χ4v) is 1.37. The van der Waals surface area contributed by atoms with Crippen molar-refractivity contribution in [1.29, 1.82) is 0 Å². The van der Waals surface area contributed by atoms with Gasteiger partial charge in [-0.3, -0.25) is 0 Å². The first-order valence-electron chi connectivity index (χ1n) is 5.83. The molecule has 0 radical (unpaired) electrons. The molecule has 0 aliphatic rings. The summed E-state index contributed by atoms with van der Waals surface area (Å²) >= 11 is 4.01. The number of carbonyl (C=O) groups is 1. The third-order valence-electron chi connectivity index (χ3n) is 2.08. The third kappa shape index (κ3) is 6.64. The van der Waals surface area contributed by atoms with Gasteiger partial charge in [0.1, 0.15) is 6.61 Å². The molecule has 0 saturated heterocycles. The summed E-state index contributed by atoms with van der Waals surface area (Å²) < 4.78 is 15.4. The Morgan fingerprint density at radius 2 is 1.56 bits per heavy atom. The fourth-order valence-electron chi connectivity index (χ4n) is 1.24. The highest BCUT2D eigenvalue weighted by Crippen LogP contribution is 2.00. The van der Waals surface area contributed by atoms with Crippen LogP contribution in [-0.2, 0) is 14.2 Å². The molecular formula is C13H18O4S. The van der Waals surface area contributed by atoms with Gasteiger partial charge in [-0.1, -0.05) is 18.2 Å². The standard InChI is InChI=1S/C13H18O4S/c14-13(12-4-2-1-3-5-12)17-9-8-15-6-7-16-10-11-18/h1-5,18H,6-11H2. The lowest BCUT2D eigenvalue weighted by atomic mass is 10.2. The normalized spacial score (nSPS) is 10.3. The number of rotatable bonds is 9. The van der Waals surface area contributed by atoms with Gasteiger partial charge >= 0.3 is 5.97 Å². The van der Waals surface area contributed by atoms with E-state index in [0.29, 0.717) is 37.7 Å². The Morgan fingerprint density at radius 1 is 0.944 bits per heavy atom. The molecule has 1 aromatic carbocycles. The molecule has 0 atom stereocenters. The summed E-state index contributed by atoms with van der Waals surface area (Å²) in [6.45, 7) is 2.28. The van der Waals surface area contributed by atoms with Crippen LogP contribution in [0.25, 0.3) is 0 Å². The van der Waals surface area contributed by atoms with Crippen LogP contribution in [0.1, 0.15) is 10.4 Å². The molecule has 1 aromatic rings. The zero-order chi connectivity index (χ0) is 13.1. The van der Waals surface area contributed by atoms with E-state index in [0.717, 1.165) is 0 Å². The highest BCUT2D eigenvalue weighted by atomic mass is 32.1. The van der Waals surface area contributed by atoms with Gasteiger partial charge in [-0.15, -0.1) is 0 Å². The third-order valence-corrected chi connectivity index (χ3v) is 2.26. The summed E-state index contributed by atoms with van der Waals surface area (Å²) in [6, 6.07) is 8.88. The van der Waals surface area contributed by atoms with Gasteiger partial charge in [0.15, 0.2) is 0 Å². The number of esters is 1. The highest BCUT2D eigenvalue weighted by Gasteiger charge is 2.04. The summed E-state index contributed by atoms with van der Waals surface area (Å²) in [7, 11) is 0. The topological polar surface area (TPSA) is 44.8 Å². The molecule has 4 nitrogen and oxygen atoms in total. The molecular weight excluding hydrogens is 252 g/mol. The van der Waals surface area contributed by atoms with Crippen LogP contribution in [0.5, 0.6) is 0 Å². The van der Waals surface area contributed by atoms with Crippen molar-refractivity contribution in [2.45, 2.75) is 0 Å². The molecule has 1 rings (SSSR count). The van der Waals surface area contributed by atoms with Gasteiger partial charge in [0.25, 0.3) is 0 Å². The van der Waals surface area contributed by atoms with Gasteiger partial charge in [0.2, 0.25) is 0 Å². The van der Waals surface area contributed by atoms with Crippen molar-refractivity contribution in [2.75, 3.05) is 38.8 Å². The molecule has 0 saturated carbocycles. The Balaban J connectivity index is 2.00. The SMILES string of the molecule is O=C(OCCOCCOCCS)c1ccccc1. The molecule has 18 heavy (non-hydrogen) atoms. The molecule has 0 amide bonds. The maximum absolute atomic E-state index is 11.5. The number of carbonyl (C=O) groups excluding carboxylic acids is 1. The first kappa shape index (κ1) is 15.0. The summed E-state index contributed by atoms with van der Waals surface area (Å²) in [5, 5.41) is 0. The molecule has 100 valence electrons. The number of thiol groups is 1. The first-order chi connectivity index (χ1) is 8.84. The van der Waals surface area contributed by atoms with Gasteiger partial charge < -0.3 is 14.2 Å². The zero-order valence-corrected chi connectivity index (χ0v) is 11.1. The van der Waals surface area contributed by atoms with Crippen molar-refractivity contribution >= 4 is 18.6 Å². The van der Waals surface area contributed by atoms with E-state index in [1.54, 1.807) is 24.3 Å². The van der Waals surface area contributed by atoms with Crippen molar-refractivity contribution in [1.82, 2.24) is 0 Å². The van der Waals surface area contributed by atoms with E-state index < -0.39 is 0 Å². The minimum atomic E-state index is -0.328. The van der Waals surface area contributed by atoms with E-state index in [2.05, 4.69) is 12.6 Å². The Labute approximate surface area is 113 Å². The van der Waals surface area contributed by atoms with Crippen molar-refractivity contribution in [2.24, 2.45) is 0 Å². The predicted octanol–water partition coefficient (Wildman–Crippen LogP) is 1.81. The molecule has 0 aliphatic carbocycles. The molecule has 0 unspecified atom stereocenters. The summed E-state index contributed by atoms with van der Waals surface area (Å²) in [4.78, 5) is 11.5. The molecule has 0 heterocycles. The number of ether oxygens (including phenoxy) is 3. The van der Waals surface area contributed by atoms with Crippen molar-refractivity contribution in [3.8, 4) is 0 Å². The summed E-state index contributed by atoms with van der Waals surface area (Å²) in [5.74, 6) is 0.375. The molecule has 0 fully saturated rings. The lowest BCUT2D eigenvalue weighted by Gasteiger charge is -2.06. The Kier molecular flexibility index (Phi) is 8.29. The smallest absolute Gasteiger partial charge is 0.338 e. The van der Waals surface area contributed by atoms with Crippen LogP contribution < -0.4 is 0 Å². The maximum atomic E-state index is 11.5. The number of hydrogen-bond donors (Lipinski definition) is 1. The second kappa shape index (κ2) is 9.94. The Morgan fingerprint density at radius 3 is 2.22 bits per heavy atom. The second-order valence-electron chi connectivity index (χ2n) is 3.45. The Hall–Kier alpha value is -1.04. The van der Waals surface area contributed by atoms with Gasteiger partial charge in [0.05, 0.1) is 32.0 Å². The van der Waals surface area contributed by atoms with E-state index in [4.69, 9.17) is 14.2 Å². The predicted molar refractivity (Wildman–Crippen MR) is 72.2 cm³/mol. The minimum absolute atomic E-state index is 0.250. The monoisotopic (exact) mass is 270 g/mol. The van der Waals surface area contributed by atoms with Crippen LogP contribution in [0.2, 0.25) is 0 Å². The number of hydrogen-bond acceptors (Lipinski definition) is 5. The quantitative estimate of drug-likeness (QED) is 0.422. The van der Waals surface area contributed by atoms with Crippen molar-refractivity contribution in [3.63, 3.8) is 0 Å². The van der Waals surface area contributed by atoms with Gasteiger partial charge in [-0.25, -0.2) is 4.79 Å². The molecule has 0 bridgehead atoms. The average molecular weight is 270 g/mol. The van der Waals surface area contributed by atoms with Crippen molar-refractivity contribution in [3.05, 3.63) is 35.9 Å². The zero-order valence-electron chi connectivity index (χ0n) is 10.2. The van der Waals surface area contributed by atoms with Gasteiger partial charge in [-0.05, 0) is 12.1 Å². The molecule has 5 heteroatoms. The Bertz CT molecular complexity index is 329. The first-order valence-corrected chi connectivity index (χ1v) is 6.46. The fraction of sp³-hybridized carbons (Fsp3) is 0.462. The lowest BCUT2D eigenvalue weighted by Crippen LogP contribution is -2.13. The highest BCUT2D eigenvalue weighted by molar-refractivity contribution is 7.80. The van der Waals surface area contributed by atoms with Crippen LogP contribution in [0.4, 0.5) is 0 Å². The molecule has 0 N–H and O–H groups in total. The van der Waals surface area contributed by atoms with E-state index >= 15 is 0 Å². The van der Waals surface area contributed by atoms with E-state index in [-0.39, 0.29) is 12.6 Å². The van der Waals surface area contributed by atoms with Crippen LogP contribution >= 0.6 is 12.6 Å². The average Bonchev–Trinajstić information content (AvgIpc) is 2.42. The summed E-state index contributed by atoms with van der Waals surface area (Å²) in [6.07, 6.45) is 0. The van der Waals surface area contributed by atoms with Crippen LogP contribution in [-0.4, -0.2) is 44.8 Å².